The van der Waals surface area contributed by atoms with Gasteiger partial charge < -0.3 is 24.6 Å². The fourth-order valence-corrected chi connectivity index (χ4v) is 3.80. The van der Waals surface area contributed by atoms with Crippen LogP contribution in [0.2, 0.25) is 0 Å². The highest BCUT2D eigenvalue weighted by molar-refractivity contribution is 6.00. The number of carbonyl (C=O) groups is 2. The number of methoxy groups -OCH3 is 1. The van der Waals surface area contributed by atoms with E-state index in [1.54, 1.807) is 23.8 Å². The molecular formula is C22H25N3O4. The van der Waals surface area contributed by atoms with Crippen molar-refractivity contribution < 1.29 is 19.1 Å². The van der Waals surface area contributed by atoms with Crippen molar-refractivity contribution in [2.24, 2.45) is 0 Å². The molecule has 0 saturated carbocycles. The van der Waals surface area contributed by atoms with Crippen molar-refractivity contribution in [1.29, 1.82) is 0 Å². The molecule has 1 N–H and O–H groups in total. The summed E-state index contributed by atoms with van der Waals surface area (Å²) < 4.78 is 10.7. The number of hydrogen-bond donors (Lipinski definition) is 1. The summed E-state index contributed by atoms with van der Waals surface area (Å²) in [7, 11) is 1.61. The van der Waals surface area contributed by atoms with Crippen LogP contribution < -0.4 is 19.7 Å². The third kappa shape index (κ3) is 3.85. The third-order valence-electron chi connectivity index (χ3n) is 5.50. The van der Waals surface area contributed by atoms with Gasteiger partial charge in [-0.25, -0.2) is 4.79 Å². The van der Waals surface area contributed by atoms with Gasteiger partial charge in [0.2, 0.25) is 5.91 Å². The van der Waals surface area contributed by atoms with Crippen molar-refractivity contribution in [2.75, 3.05) is 31.7 Å². The number of amides is 3. The summed E-state index contributed by atoms with van der Waals surface area (Å²) in [5, 5.41) is 2.94. The van der Waals surface area contributed by atoms with Crippen LogP contribution in [-0.2, 0) is 17.8 Å². The van der Waals surface area contributed by atoms with Crippen molar-refractivity contribution in [3.8, 4) is 11.5 Å². The second-order valence-electron chi connectivity index (χ2n) is 7.26. The molecule has 1 unspecified atom stereocenters. The van der Waals surface area contributed by atoms with Gasteiger partial charge in [0.05, 0.1) is 13.7 Å². The van der Waals surface area contributed by atoms with E-state index in [0.717, 1.165) is 29.2 Å². The van der Waals surface area contributed by atoms with Crippen molar-refractivity contribution in [3.63, 3.8) is 0 Å². The summed E-state index contributed by atoms with van der Waals surface area (Å²) >= 11 is 0. The van der Waals surface area contributed by atoms with Crippen molar-refractivity contribution in [3.05, 3.63) is 53.6 Å². The lowest BCUT2D eigenvalue weighted by atomic mass is 10.1. The molecule has 0 spiro atoms. The molecule has 1 saturated heterocycles. The number of nitrogens with one attached hydrogen (secondary N) is 1. The first-order valence-corrected chi connectivity index (χ1v) is 9.81. The Morgan fingerprint density at radius 3 is 2.76 bits per heavy atom. The lowest BCUT2D eigenvalue weighted by Crippen LogP contribution is -2.59. The van der Waals surface area contributed by atoms with Crippen LogP contribution in [0.1, 0.15) is 18.1 Å². The monoisotopic (exact) mass is 395 g/mol. The summed E-state index contributed by atoms with van der Waals surface area (Å²) in [6.07, 6.45) is 0.899. The molecule has 0 aliphatic carbocycles. The van der Waals surface area contributed by atoms with Crippen LogP contribution in [-0.4, -0.2) is 49.7 Å². The number of nitrogens with zero attached hydrogens (tertiary/aromatic N) is 2. The van der Waals surface area contributed by atoms with Gasteiger partial charge in [0.15, 0.2) is 0 Å². The van der Waals surface area contributed by atoms with Gasteiger partial charge in [-0.05, 0) is 48.4 Å². The van der Waals surface area contributed by atoms with E-state index in [2.05, 4.69) is 11.4 Å². The van der Waals surface area contributed by atoms with E-state index in [0.29, 0.717) is 26.2 Å². The highest BCUT2D eigenvalue weighted by Gasteiger charge is 2.35. The standard InChI is InChI=1S/C22H25N3O4/c1-15-21(26)25(18-4-6-19(28-2)7-5-18)11-10-24(15)22(27)23-14-16-3-8-20-17(13-16)9-12-29-20/h3-8,13,15H,9-12,14H2,1-2H3,(H,23,27). The zero-order chi connectivity index (χ0) is 20.4. The minimum atomic E-state index is -0.528. The Balaban J connectivity index is 1.37. The highest BCUT2D eigenvalue weighted by Crippen LogP contribution is 2.26. The Labute approximate surface area is 170 Å². The largest absolute Gasteiger partial charge is 0.497 e. The lowest BCUT2D eigenvalue weighted by molar-refractivity contribution is -0.124. The third-order valence-corrected chi connectivity index (χ3v) is 5.50. The SMILES string of the molecule is COc1ccc(N2CCN(C(=O)NCc3ccc4c(c3)CCO4)C(C)C2=O)cc1. The number of rotatable bonds is 4. The Morgan fingerprint density at radius 1 is 1.21 bits per heavy atom. The minimum absolute atomic E-state index is 0.0914. The molecule has 2 aromatic carbocycles. The normalized spacial score (nSPS) is 18.3. The van der Waals surface area contributed by atoms with Crippen molar-refractivity contribution in [2.45, 2.75) is 25.9 Å². The van der Waals surface area contributed by atoms with Crippen LogP contribution in [0.25, 0.3) is 0 Å². The maximum absolute atomic E-state index is 12.9. The average molecular weight is 395 g/mol. The maximum atomic E-state index is 12.9. The Kier molecular flexibility index (Phi) is 5.29. The van der Waals surface area contributed by atoms with Crippen LogP contribution >= 0.6 is 0 Å². The number of fused-ring (bicyclic) bond motifs is 1. The van der Waals surface area contributed by atoms with Gasteiger partial charge >= 0.3 is 6.03 Å². The van der Waals surface area contributed by atoms with E-state index >= 15 is 0 Å². The average Bonchev–Trinajstić information content (AvgIpc) is 3.22. The first kappa shape index (κ1) is 19.1. The molecule has 0 radical (unpaired) electrons. The van der Waals surface area contributed by atoms with Gasteiger partial charge in [-0.2, -0.15) is 0 Å². The van der Waals surface area contributed by atoms with Crippen LogP contribution in [0, 0.1) is 0 Å². The summed E-state index contributed by atoms with van der Waals surface area (Å²) in [5.74, 6) is 1.57. The summed E-state index contributed by atoms with van der Waals surface area (Å²) in [5.41, 5.74) is 3.01. The molecular weight excluding hydrogens is 370 g/mol. The summed E-state index contributed by atoms with van der Waals surface area (Å²) in [4.78, 5) is 28.9. The number of hydrogen-bond acceptors (Lipinski definition) is 4. The van der Waals surface area contributed by atoms with E-state index in [-0.39, 0.29) is 11.9 Å². The molecule has 2 aromatic rings. The molecule has 2 heterocycles. The fraction of sp³-hybridized carbons (Fsp3) is 0.364. The molecule has 0 bridgehead atoms. The summed E-state index contributed by atoms with van der Waals surface area (Å²) in [6, 6.07) is 12.6. The van der Waals surface area contributed by atoms with Gasteiger partial charge in [-0.3, -0.25) is 4.79 Å². The molecule has 7 nitrogen and oxygen atoms in total. The zero-order valence-electron chi connectivity index (χ0n) is 16.7. The molecule has 152 valence electrons. The smallest absolute Gasteiger partial charge is 0.318 e. The second kappa shape index (κ2) is 8.03. The van der Waals surface area contributed by atoms with Crippen LogP contribution in [0.15, 0.2) is 42.5 Å². The molecule has 1 atom stereocenters. The van der Waals surface area contributed by atoms with Gasteiger partial charge in [-0.15, -0.1) is 0 Å². The second-order valence-corrected chi connectivity index (χ2v) is 7.26. The van der Waals surface area contributed by atoms with E-state index in [1.165, 1.54) is 5.56 Å². The highest BCUT2D eigenvalue weighted by atomic mass is 16.5. The predicted octanol–water partition coefficient (Wildman–Crippen LogP) is 2.58. The lowest BCUT2D eigenvalue weighted by Gasteiger charge is -2.39. The van der Waals surface area contributed by atoms with E-state index in [1.807, 2.05) is 36.4 Å². The molecule has 0 aromatic heterocycles. The molecule has 2 aliphatic heterocycles. The molecule has 2 aliphatic rings. The van der Waals surface area contributed by atoms with Crippen molar-refractivity contribution >= 4 is 17.6 Å². The Morgan fingerprint density at radius 2 is 2.00 bits per heavy atom. The number of anilines is 1. The summed E-state index contributed by atoms with van der Waals surface area (Å²) in [6.45, 7) is 3.83. The van der Waals surface area contributed by atoms with E-state index in [4.69, 9.17) is 9.47 Å². The Hall–Kier alpha value is -3.22. The predicted molar refractivity (Wildman–Crippen MR) is 109 cm³/mol. The quantitative estimate of drug-likeness (QED) is 0.864. The van der Waals surface area contributed by atoms with Gasteiger partial charge in [0, 0.05) is 31.7 Å². The molecule has 29 heavy (non-hydrogen) atoms. The number of benzene rings is 2. The minimum Gasteiger partial charge on any atom is -0.497 e. The van der Waals surface area contributed by atoms with Gasteiger partial charge in [0.1, 0.15) is 17.5 Å². The fourth-order valence-electron chi connectivity index (χ4n) is 3.80. The van der Waals surface area contributed by atoms with Crippen LogP contribution in [0.4, 0.5) is 10.5 Å². The first-order chi connectivity index (χ1) is 14.1. The number of ether oxygens (including phenoxy) is 2. The van der Waals surface area contributed by atoms with E-state index in [9.17, 15) is 9.59 Å². The number of urea groups is 1. The number of piperazine rings is 1. The van der Waals surface area contributed by atoms with Crippen molar-refractivity contribution in [1.82, 2.24) is 10.2 Å². The first-order valence-electron chi connectivity index (χ1n) is 9.81. The Bertz CT molecular complexity index is 913. The molecule has 7 heteroatoms. The van der Waals surface area contributed by atoms with Crippen LogP contribution in [0.3, 0.4) is 0 Å². The van der Waals surface area contributed by atoms with Crippen LogP contribution in [0.5, 0.6) is 11.5 Å². The van der Waals surface area contributed by atoms with E-state index < -0.39 is 6.04 Å². The maximum Gasteiger partial charge on any atom is 0.318 e. The molecule has 1 fully saturated rings. The van der Waals surface area contributed by atoms with Gasteiger partial charge in [-0.1, -0.05) is 12.1 Å². The molecule has 4 rings (SSSR count). The van der Waals surface area contributed by atoms with Gasteiger partial charge in [0.25, 0.3) is 0 Å². The zero-order valence-corrected chi connectivity index (χ0v) is 16.7. The topological polar surface area (TPSA) is 71.1 Å². The number of carbonyl (C=O) groups excluding carboxylic acids is 2. The molecule has 3 amide bonds.